The maximum atomic E-state index is 12.5. The molecule has 1 aromatic heterocycles. The maximum absolute atomic E-state index is 12.5. The summed E-state index contributed by atoms with van der Waals surface area (Å²) >= 11 is 0. The third-order valence-electron chi connectivity index (χ3n) is 3.15. The van der Waals surface area contributed by atoms with Crippen LogP contribution in [0.1, 0.15) is 20.3 Å². The average molecular weight is 300 g/mol. The van der Waals surface area contributed by atoms with Crippen molar-refractivity contribution in [3.05, 3.63) is 12.5 Å². The molecule has 1 unspecified atom stereocenters. The van der Waals surface area contributed by atoms with E-state index in [1.807, 2.05) is 6.92 Å². The number of aromatic nitrogens is 2. The predicted molar refractivity (Wildman–Crippen MR) is 69.0 cm³/mol. The summed E-state index contributed by atoms with van der Waals surface area (Å²) < 4.78 is 27.5. The third kappa shape index (κ3) is 2.46. The molecular weight excluding hydrogens is 284 g/mol. The van der Waals surface area contributed by atoms with Crippen molar-refractivity contribution in [2.75, 3.05) is 6.54 Å². The van der Waals surface area contributed by atoms with Crippen molar-refractivity contribution >= 4 is 21.8 Å². The van der Waals surface area contributed by atoms with E-state index in [-0.39, 0.29) is 18.0 Å². The zero-order chi connectivity index (χ0) is 14.9. The van der Waals surface area contributed by atoms with Gasteiger partial charge >= 0.3 is 0 Å². The number of imidazole rings is 1. The molecule has 9 heteroatoms. The van der Waals surface area contributed by atoms with Crippen molar-refractivity contribution in [3.8, 4) is 0 Å². The number of aryl methyl sites for hydroxylation is 1. The molecular formula is C11H16N4O4S. The Hall–Kier alpha value is -1.74. The lowest BCUT2D eigenvalue weighted by atomic mass is 10.2. The standard InChI is InChI=1S/C11H16N4O4S/c1-3-8-11(17)13-9(16)5-15(8)20(18,19)10-6-14(4-2)7-12-10/h6-8H,3-5H2,1-2H3,(H,13,16,17). The Bertz CT molecular complexity index is 637. The summed E-state index contributed by atoms with van der Waals surface area (Å²) in [6, 6.07) is -0.885. The van der Waals surface area contributed by atoms with Gasteiger partial charge in [-0.05, 0) is 13.3 Å². The molecule has 2 heterocycles. The first kappa shape index (κ1) is 14.7. The maximum Gasteiger partial charge on any atom is 0.263 e. The van der Waals surface area contributed by atoms with Gasteiger partial charge in [0.05, 0.1) is 12.9 Å². The molecule has 1 aliphatic rings. The summed E-state index contributed by atoms with van der Waals surface area (Å²) in [5, 5.41) is 1.99. The van der Waals surface area contributed by atoms with E-state index in [0.717, 1.165) is 4.31 Å². The number of piperazine rings is 1. The van der Waals surface area contributed by atoms with E-state index in [4.69, 9.17) is 0 Å². The molecule has 0 saturated carbocycles. The van der Waals surface area contributed by atoms with Crippen molar-refractivity contribution < 1.29 is 18.0 Å². The van der Waals surface area contributed by atoms with E-state index < -0.39 is 27.9 Å². The van der Waals surface area contributed by atoms with Crippen LogP contribution in [-0.2, 0) is 26.2 Å². The van der Waals surface area contributed by atoms with Gasteiger partial charge in [0.15, 0.2) is 5.03 Å². The van der Waals surface area contributed by atoms with E-state index in [1.54, 1.807) is 11.5 Å². The molecule has 20 heavy (non-hydrogen) atoms. The lowest BCUT2D eigenvalue weighted by Crippen LogP contribution is -2.59. The fraction of sp³-hybridized carbons (Fsp3) is 0.545. The van der Waals surface area contributed by atoms with Gasteiger partial charge in [-0.1, -0.05) is 6.92 Å². The average Bonchev–Trinajstić information content (AvgIpc) is 2.87. The zero-order valence-electron chi connectivity index (χ0n) is 11.2. The highest BCUT2D eigenvalue weighted by atomic mass is 32.2. The second-order valence-electron chi connectivity index (χ2n) is 4.43. The number of imide groups is 1. The Morgan fingerprint density at radius 2 is 2.10 bits per heavy atom. The second kappa shape index (κ2) is 5.33. The smallest absolute Gasteiger partial charge is 0.263 e. The Morgan fingerprint density at radius 3 is 2.65 bits per heavy atom. The quantitative estimate of drug-likeness (QED) is 0.743. The Balaban J connectivity index is 2.40. The summed E-state index contributed by atoms with van der Waals surface area (Å²) in [7, 11) is -3.96. The van der Waals surface area contributed by atoms with Gasteiger partial charge in [0.2, 0.25) is 11.8 Å². The number of amides is 2. The normalized spacial score (nSPS) is 21.0. The van der Waals surface area contributed by atoms with Crippen LogP contribution in [0.25, 0.3) is 0 Å². The van der Waals surface area contributed by atoms with E-state index in [2.05, 4.69) is 10.3 Å². The molecule has 1 fully saturated rings. The SMILES string of the molecule is CCC1C(=O)NC(=O)CN1S(=O)(=O)c1cn(CC)cn1. The number of carbonyl (C=O) groups excluding carboxylic acids is 2. The van der Waals surface area contributed by atoms with Gasteiger partial charge in [-0.25, -0.2) is 13.4 Å². The van der Waals surface area contributed by atoms with Crippen molar-refractivity contribution in [1.82, 2.24) is 19.2 Å². The van der Waals surface area contributed by atoms with Crippen LogP contribution in [0.5, 0.6) is 0 Å². The topological polar surface area (TPSA) is 101 Å². The van der Waals surface area contributed by atoms with Gasteiger partial charge in [0.25, 0.3) is 10.0 Å². The highest BCUT2D eigenvalue weighted by Crippen LogP contribution is 2.20. The first-order valence-corrected chi connectivity index (χ1v) is 7.71. The molecule has 0 bridgehead atoms. The molecule has 0 radical (unpaired) electrons. The number of hydrogen-bond acceptors (Lipinski definition) is 5. The highest BCUT2D eigenvalue weighted by Gasteiger charge is 2.41. The first-order chi connectivity index (χ1) is 9.40. The van der Waals surface area contributed by atoms with Gasteiger partial charge < -0.3 is 4.57 Å². The van der Waals surface area contributed by atoms with Crippen LogP contribution in [0.15, 0.2) is 17.6 Å². The Morgan fingerprint density at radius 1 is 1.40 bits per heavy atom. The summed E-state index contributed by atoms with van der Waals surface area (Å²) in [5.74, 6) is -1.22. The van der Waals surface area contributed by atoms with Crippen LogP contribution in [0.4, 0.5) is 0 Å². The molecule has 0 spiro atoms. The molecule has 1 aliphatic heterocycles. The van der Waals surface area contributed by atoms with E-state index in [0.29, 0.717) is 6.54 Å². The zero-order valence-corrected chi connectivity index (χ0v) is 12.1. The van der Waals surface area contributed by atoms with Crippen molar-refractivity contribution in [2.45, 2.75) is 37.9 Å². The summed E-state index contributed by atoms with van der Waals surface area (Å²) in [5.41, 5.74) is 0. The van der Waals surface area contributed by atoms with Gasteiger partial charge in [-0.15, -0.1) is 0 Å². The number of carbonyl (C=O) groups is 2. The molecule has 110 valence electrons. The minimum atomic E-state index is -3.96. The van der Waals surface area contributed by atoms with E-state index >= 15 is 0 Å². The van der Waals surface area contributed by atoms with Crippen LogP contribution in [0, 0.1) is 0 Å². The predicted octanol–water partition coefficient (Wildman–Crippen LogP) is -0.671. The van der Waals surface area contributed by atoms with Crippen molar-refractivity contribution in [1.29, 1.82) is 0 Å². The minimum Gasteiger partial charge on any atom is -0.336 e. The summed E-state index contributed by atoms with van der Waals surface area (Å²) in [4.78, 5) is 27.0. The molecule has 1 aromatic rings. The number of rotatable bonds is 4. The second-order valence-corrected chi connectivity index (χ2v) is 6.27. The van der Waals surface area contributed by atoms with Crippen LogP contribution in [0.3, 0.4) is 0 Å². The van der Waals surface area contributed by atoms with E-state index in [9.17, 15) is 18.0 Å². The minimum absolute atomic E-state index is 0.152. The van der Waals surface area contributed by atoms with Crippen LogP contribution in [0.2, 0.25) is 0 Å². The molecule has 0 aliphatic carbocycles. The van der Waals surface area contributed by atoms with Crippen molar-refractivity contribution in [3.63, 3.8) is 0 Å². The number of hydrogen-bond donors (Lipinski definition) is 1. The largest absolute Gasteiger partial charge is 0.336 e. The van der Waals surface area contributed by atoms with E-state index in [1.165, 1.54) is 12.5 Å². The monoisotopic (exact) mass is 300 g/mol. The van der Waals surface area contributed by atoms with Crippen molar-refractivity contribution in [2.24, 2.45) is 0 Å². The lowest BCUT2D eigenvalue weighted by molar-refractivity contribution is -0.137. The van der Waals surface area contributed by atoms with Crippen LogP contribution < -0.4 is 5.32 Å². The number of nitrogens with one attached hydrogen (secondary N) is 1. The van der Waals surface area contributed by atoms with Crippen LogP contribution in [-0.4, -0.2) is 46.7 Å². The van der Waals surface area contributed by atoms with Gasteiger partial charge in [-0.3, -0.25) is 14.9 Å². The number of nitrogens with zero attached hydrogens (tertiary/aromatic N) is 3. The Kier molecular flexibility index (Phi) is 3.91. The van der Waals surface area contributed by atoms with Gasteiger partial charge in [0, 0.05) is 12.7 Å². The van der Waals surface area contributed by atoms with Gasteiger partial charge in [-0.2, -0.15) is 4.31 Å². The summed E-state index contributed by atoms with van der Waals surface area (Å²) in [6.45, 7) is 3.75. The number of sulfonamides is 1. The molecule has 1 atom stereocenters. The molecule has 2 rings (SSSR count). The van der Waals surface area contributed by atoms with Gasteiger partial charge in [0.1, 0.15) is 6.04 Å². The first-order valence-electron chi connectivity index (χ1n) is 6.27. The molecule has 2 amide bonds. The highest BCUT2D eigenvalue weighted by molar-refractivity contribution is 7.89. The van der Waals surface area contributed by atoms with Crippen LogP contribution >= 0.6 is 0 Å². The summed E-state index contributed by atoms with van der Waals surface area (Å²) in [6.07, 6.45) is 3.07. The molecule has 1 N–H and O–H groups in total. The molecule has 8 nitrogen and oxygen atoms in total. The molecule has 0 aromatic carbocycles. The Labute approximate surface area is 116 Å². The fourth-order valence-electron chi connectivity index (χ4n) is 2.05. The molecule has 1 saturated heterocycles. The fourth-order valence-corrected chi connectivity index (χ4v) is 3.61. The third-order valence-corrected chi connectivity index (χ3v) is 4.89. The lowest BCUT2D eigenvalue weighted by Gasteiger charge is -2.31.